The minimum absolute atomic E-state index is 0.0477. The average Bonchev–Trinajstić information content (AvgIpc) is 3.09. The number of rotatable bonds is 5. The third-order valence-corrected chi connectivity index (χ3v) is 4.52. The van der Waals surface area contributed by atoms with E-state index in [1.54, 1.807) is 35.2 Å². The van der Waals surface area contributed by atoms with Crippen LogP contribution in [0, 0.1) is 6.92 Å². The molecule has 0 aromatic heterocycles. The molecule has 2 aromatic carbocycles. The predicted octanol–water partition coefficient (Wildman–Crippen LogP) is 3.31. The Hall–Kier alpha value is -3.15. The molecule has 0 bridgehead atoms. The molecule has 6 nitrogen and oxygen atoms in total. The fourth-order valence-corrected chi connectivity index (χ4v) is 2.95. The highest BCUT2D eigenvalue weighted by Gasteiger charge is 2.24. The number of hydrogen-bond acceptors (Lipinski definition) is 4. The zero-order chi connectivity index (χ0) is 19.4. The fraction of sp³-hybridized carbons (Fsp3) is 0.286. The number of aryl methyl sites for hydroxylation is 1. The van der Waals surface area contributed by atoms with Crippen molar-refractivity contribution in [1.82, 2.24) is 0 Å². The molecule has 0 radical (unpaired) electrons. The topological polar surface area (TPSA) is 75.7 Å². The van der Waals surface area contributed by atoms with E-state index < -0.39 is 18.0 Å². The van der Waals surface area contributed by atoms with Gasteiger partial charge in [-0.3, -0.25) is 9.59 Å². The van der Waals surface area contributed by atoms with Crippen LogP contribution in [0.25, 0.3) is 0 Å². The van der Waals surface area contributed by atoms with Gasteiger partial charge in [-0.15, -0.1) is 0 Å². The summed E-state index contributed by atoms with van der Waals surface area (Å²) in [6.45, 7) is 4.06. The Morgan fingerprint density at radius 2 is 1.93 bits per heavy atom. The number of para-hydroxylation sites is 1. The molecule has 2 amide bonds. The second-order valence-electron chi connectivity index (χ2n) is 6.55. The highest BCUT2D eigenvalue weighted by molar-refractivity contribution is 5.99. The van der Waals surface area contributed by atoms with Gasteiger partial charge in [-0.2, -0.15) is 0 Å². The van der Waals surface area contributed by atoms with Crippen LogP contribution in [0.3, 0.4) is 0 Å². The van der Waals surface area contributed by atoms with Gasteiger partial charge >= 0.3 is 5.97 Å². The van der Waals surface area contributed by atoms with Crippen LogP contribution in [-0.2, 0) is 14.3 Å². The monoisotopic (exact) mass is 366 g/mol. The maximum Gasteiger partial charge on any atom is 0.338 e. The van der Waals surface area contributed by atoms with Gasteiger partial charge in [-0.25, -0.2) is 4.79 Å². The van der Waals surface area contributed by atoms with Gasteiger partial charge < -0.3 is 15.0 Å². The lowest BCUT2D eigenvalue weighted by Crippen LogP contribution is -2.30. The minimum atomic E-state index is -0.950. The van der Waals surface area contributed by atoms with Crippen LogP contribution in [0.4, 0.5) is 11.4 Å². The SMILES string of the molecule is Cc1ccccc1NC(=O)C(C)OC(=O)c1cccc(N2CCCC2=O)c1. The highest BCUT2D eigenvalue weighted by atomic mass is 16.5. The van der Waals surface area contributed by atoms with Crippen molar-refractivity contribution < 1.29 is 19.1 Å². The largest absolute Gasteiger partial charge is 0.449 e. The summed E-state index contributed by atoms with van der Waals surface area (Å²) in [5, 5.41) is 2.76. The Morgan fingerprint density at radius 3 is 2.63 bits per heavy atom. The quantitative estimate of drug-likeness (QED) is 0.824. The van der Waals surface area contributed by atoms with Gasteiger partial charge in [-0.05, 0) is 50.1 Å². The first-order chi connectivity index (χ1) is 13.0. The van der Waals surface area contributed by atoms with Gasteiger partial charge in [0.1, 0.15) is 0 Å². The first kappa shape index (κ1) is 18.6. The molecule has 2 aromatic rings. The number of nitrogens with one attached hydrogen (secondary N) is 1. The van der Waals surface area contributed by atoms with Crippen molar-refractivity contribution in [3.63, 3.8) is 0 Å². The Bertz CT molecular complexity index is 878. The van der Waals surface area contributed by atoms with Crippen molar-refractivity contribution in [1.29, 1.82) is 0 Å². The third-order valence-electron chi connectivity index (χ3n) is 4.52. The molecule has 0 aliphatic carbocycles. The van der Waals surface area contributed by atoms with Gasteiger partial charge in [0.2, 0.25) is 5.91 Å². The Kier molecular flexibility index (Phi) is 5.54. The fourth-order valence-electron chi connectivity index (χ4n) is 2.95. The van der Waals surface area contributed by atoms with E-state index in [1.165, 1.54) is 6.92 Å². The Balaban J connectivity index is 1.65. The molecule has 1 heterocycles. The second-order valence-corrected chi connectivity index (χ2v) is 6.55. The summed E-state index contributed by atoms with van der Waals surface area (Å²) in [6.07, 6.45) is 0.378. The molecule has 140 valence electrons. The first-order valence-electron chi connectivity index (χ1n) is 8.93. The summed E-state index contributed by atoms with van der Waals surface area (Å²) in [5.41, 5.74) is 2.58. The van der Waals surface area contributed by atoms with E-state index in [4.69, 9.17) is 4.74 Å². The lowest BCUT2D eigenvalue weighted by atomic mass is 10.2. The van der Waals surface area contributed by atoms with Crippen molar-refractivity contribution in [2.24, 2.45) is 0 Å². The Morgan fingerprint density at radius 1 is 1.15 bits per heavy atom. The van der Waals surface area contributed by atoms with Crippen LogP contribution in [0.2, 0.25) is 0 Å². The molecule has 0 saturated carbocycles. The molecule has 1 unspecified atom stereocenters. The molecule has 1 saturated heterocycles. The second kappa shape index (κ2) is 8.03. The summed E-state index contributed by atoms with van der Waals surface area (Å²) in [5.74, 6) is -0.953. The zero-order valence-electron chi connectivity index (χ0n) is 15.4. The third kappa shape index (κ3) is 4.34. The number of amides is 2. The Labute approximate surface area is 158 Å². The maximum atomic E-state index is 12.4. The number of ether oxygens (including phenoxy) is 1. The van der Waals surface area contributed by atoms with E-state index in [9.17, 15) is 14.4 Å². The van der Waals surface area contributed by atoms with Crippen molar-refractivity contribution in [3.8, 4) is 0 Å². The van der Waals surface area contributed by atoms with E-state index >= 15 is 0 Å². The smallest absolute Gasteiger partial charge is 0.338 e. The molecule has 0 spiro atoms. The molecular weight excluding hydrogens is 344 g/mol. The number of esters is 1. The molecule has 1 N–H and O–H groups in total. The summed E-state index contributed by atoms with van der Waals surface area (Å²) >= 11 is 0. The molecular formula is C21H22N2O4. The van der Waals surface area contributed by atoms with E-state index in [0.29, 0.717) is 29.9 Å². The number of nitrogens with zero attached hydrogens (tertiary/aromatic N) is 1. The van der Waals surface area contributed by atoms with E-state index in [2.05, 4.69) is 5.32 Å². The first-order valence-corrected chi connectivity index (χ1v) is 8.93. The number of carbonyl (C=O) groups excluding carboxylic acids is 3. The van der Waals surface area contributed by atoms with Gasteiger partial charge in [0.15, 0.2) is 6.10 Å². The van der Waals surface area contributed by atoms with Gasteiger partial charge in [-0.1, -0.05) is 24.3 Å². The summed E-state index contributed by atoms with van der Waals surface area (Å²) in [6, 6.07) is 14.1. The minimum Gasteiger partial charge on any atom is -0.449 e. The summed E-state index contributed by atoms with van der Waals surface area (Å²) < 4.78 is 5.30. The van der Waals surface area contributed by atoms with E-state index in [1.807, 2.05) is 25.1 Å². The summed E-state index contributed by atoms with van der Waals surface area (Å²) in [7, 11) is 0. The molecule has 27 heavy (non-hydrogen) atoms. The van der Waals surface area contributed by atoms with Gasteiger partial charge in [0.05, 0.1) is 5.56 Å². The molecule has 1 fully saturated rings. The molecule has 1 aliphatic heterocycles. The average molecular weight is 366 g/mol. The number of anilines is 2. The predicted molar refractivity (Wildman–Crippen MR) is 103 cm³/mol. The zero-order valence-corrected chi connectivity index (χ0v) is 15.4. The highest BCUT2D eigenvalue weighted by Crippen LogP contribution is 2.23. The number of carbonyl (C=O) groups is 3. The molecule has 3 rings (SSSR count). The van der Waals surface area contributed by atoms with Crippen LogP contribution < -0.4 is 10.2 Å². The van der Waals surface area contributed by atoms with Gasteiger partial charge in [0, 0.05) is 24.3 Å². The van der Waals surface area contributed by atoms with Crippen LogP contribution >= 0.6 is 0 Å². The number of hydrogen-bond donors (Lipinski definition) is 1. The molecule has 1 atom stereocenters. The van der Waals surface area contributed by atoms with Crippen LogP contribution in [0.5, 0.6) is 0 Å². The summed E-state index contributed by atoms with van der Waals surface area (Å²) in [4.78, 5) is 38.3. The van der Waals surface area contributed by atoms with E-state index in [-0.39, 0.29) is 5.91 Å². The van der Waals surface area contributed by atoms with Crippen molar-refractivity contribution in [2.75, 3.05) is 16.8 Å². The normalized spacial score (nSPS) is 14.7. The lowest BCUT2D eigenvalue weighted by molar-refractivity contribution is -0.123. The molecule has 6 heteroatoms. The van der Waals surface area contributed by atoms with E-state index in [0.717, 1.165) is 12.0 Å². The van der Waals surface area contributed by atoms with Crippen LogP contribution in [0.15, 0.2) is 48.5 Å². The lowest BCUT2D eigenvalue weighted by Gasteiger charge is -2.17. The van der Waals surface area contributed by atoms with Crippen LogP contribution in [-0.4, -0.2) is 30.4 Å². The van der Waals surface area contributed by atoms with Crippen molar-refractivity contribution in [3.05, 3.63) is 59.7 Å². The standard InChI is InChI=1S/C21H22N2O4/c1-14-7-3-4-10-18(14)22-20(25)15(2)27-21(26)16-8-5-9-17(13-16)23-12-6-11-19(23)24/h3-5,7-10,13,15H,6,11-12H2,1-2H3,(H,22,25). The van der Waals surface area contributed by atoms with Crippen molar-refractivity contribution >= 4 is 29.2 Å². The molecule has 1 aliphatic rings. The van der Waals surface area contributed by atoms with Crippen LogP contribution in [0.1, 0.15) is 35.7 Å². The number of benzene rings is 2. The van der Waals surface area contributed by atoms with Gasteiger partial charge in [0.25, 0.3) is 5.91 Å². The van der Waals surface area contributed by atoms with Crippen molar-refractivity contribution in [2.45, 2.75) is 32.8 Å². The maximum absolute atomic E-state index is 12.4.